The normalized spacial score (nSPS) is 17.0. The van der Waals surface area contributed by atoms with Crippen molar-refractivity contribution in [2.24, 2.45) is 0 Å². The quantitative estimate of drug-likeness (QED) is 0.673. The Balaban J connectivity index is 1.75. The smallest absolute Gasteiger partial charge is 0.455 e. The molecule has 0 saturated heterocycles. The molecule has 2 heterocycles. The molecule has 7 nitrogen and oxygen atoms in total. The highest BCUT2D eigenvalue weighted by Crippen LogP contribution is 2.44. The summed E-state index contributed by atoms with van der Waals surface area (Å²) in [7, 11) is 0. The number of carboxylic acid groups (broad SMARTS) is 1. The van der Waals surface area contributed by atoms with E-state index < -0.39 is 23.9 Å². The number of hydrogen-bond acceptors (Lipinski definition) is 6. The average molecular weight is 441 g/mol. The summed E-state index contributed by atoms with van der Waals surface area (Å²) < 4.78 is 43.8. The van der Waals surface area contributed by atoms with Gasteiger partial charge in [-0.25, -0.2) is 4.79 Å². The van der Waals surface area contributed by atoms with Crippen LogP contribution in [0.1, 0.15) is 54.8 Å². The van der Waals surface area contributed by atoms with Crippen molar-refractivity contribution in [2.45, 2.75) is 57.5 Å². The number of nitrogens with one attached hydrogen (secondary N) is 1. The number of alkyl halides is 3. The number of carboxylic acids is 1. The number of rotatable bonds is 4. The van der Waals surface area contributed by atoms with E-state index in [2.05, 4.69) is 15.5 Å². The summed E-state index contributed by atoms with van der Waals surface area (Å²) in [6, 6.07) is 0. The van der Waals surface area contributed by atoms with Crippen LogP contribution in [0.15, 0.2) is 15.7 Å². The highest BCUT2D eigenvalue weighted by molar-refractivity contribution is 7.17. The number of halogens is 3. The molecule has 0 radical (unpaired) electrons. The van der Waals surface area contributed by atoms with E-state index in [4.69, 9.17) is 4.52 Å². The second-order valence-electron chi connectivity index (χ2n) is 7.26. The Labute approximate surface area is 173 Å². The molecule has 11 heteroatoms. The molecule has 2 aromatic heterocycles. The van der Waals surface area contributed by atoms with Gasteiger partial charge in [0.2, 0.25) is 0 Å². The van der Waals surface area contributed by atoms with E-state index in [-0.39, 0.29) is 17.0 Å². The number of aryl methyl sites for hydroxylation is 1. The van der Waals surface area contributed by atoms with Crippen LogP contribution in [0.3, 0.4) is 0 Å². The number of aromatic nitrogens is 2. The SMILES string of the molecule is O=C(O)C1=C(C(=O)Nc2sc3c(c2-c2nc(C(F)(F)F)no2)CCCCC3)CCC1. The van der Waals surface area contributed by atoms with E-state index in [0.717, 1.165) is 36.1 Å². The summed E-state index contributed by atoms with van der Waals surface area (Å²) in [6.45, 7) is 0. The van der Waals surface area contributed by atoms with Gasteiger partial charge in [0.25, 0.3) is 17.6 Å². The van der Waals surface area contributed by atoms with Crippen molar-refractivity contribution in [1.82, 2.24) is 10.1 Å². The van der Waals surface area contributed by atoms with Gasteiger partial charge in [0.15, 0.2) is 0 Å². The number of amides is 1. The van der Waals surface area contributed by atoms with Gasteiger partial charge in [0.05, 0.1) is 5.56 Å². The number of thiophene rings is 1. The van der Waals surface area contributed by atoms with E-state index in [1.807, 2.05) is 0 Å². The highest BCUT2D eigenvalue weighted by atomic mass is 32.1. The molecule has 0 fully saturated rings. The minimum atomic E-state index is -4.75. The van der Waals surface area contributed by atoms with Gasteiger partial charge in [0, 0.05) is 16.0 Å². The third kappa shape index (κ3) is 3.85. The monoisotopic (exact) mass is 441 g/mol. The summed E-state index contributed by atoms with van der Waals surface area (Å²) in [5.74, 6) is -3.37. The molecule has 0 aliphatic heterocycles. The summed E-state index contributed by atoms with van der Waals surface area (Å²) >= 11 is 1.27. The first-order valence-corrected chi connectivity index (χ1v) is 10.4. The maximum atomic E-state index is 13.0. The van der Waals surface area contributed by atoms with Crippen LogP contribution >= 0.6 is 11.3 Å². The fourth-order valence-corrected chi connectivity index (χ4v) is 5.18. The second kappa shape index (κ2) is 7.86. The molecule has 2 N–H and O–H groups in total. The molecule has 4 rings (SSSR count). The van der Waals surface area contributed by atoms with Gasteiger partial charge in [-0.15, -0.1) is 11.3 Å². The molecule has 0 aromatic carbocycles. The summed E-state index contributed by atoms with van der Waals surface area (Å²) in [4.78, 5) is 28.6. The van der Waals surface area contributed by atoms with Crippen LogP contribution < -0.4 is 5.32 Å². The number of anilines is 1. The summed E-state index contributed by atoms with van der Waals surface area (Å²) in [6.07, 6.45) is 0.632. The van der Waals surface area contributed by atoms with Crippen LogP contribution in [0.4, 0.5) is 18.2 Å². The third-order valence-corrected chi connectivity index (χ3v) is 6.50. The molecule has 0 bridgehead atoms. The van der Waals surface area contributed by atoms with E-state index in [0.29, 0.717) is 36.2 Å². The predicted octanol–water partition coefficient (Wildman–Crippen LogP) is 4.59. The van der Waals surface area contributed by atoms with Gasteiger partial charge in [-0.2, -0.15) is 18.2 Å². The van der Waals surface area contributed by atoms with Gasteiger partial charge in [-0.3, -0.25) is 4.79 Å². The Kier molecular flexibility index (Phi) is 5.39. The second-order valence-corrected chi connectivity index (χ2v) is 8.36. The number of carbonyl (C=O) groups is 2. The zero-order chi connectivity index (χ0) is 21.5. The standard InChI is InChI=1S/C19H18F3N3O4S/c20-19(21,22)18-24-15(29-25-18)13-11-5-2-1-3-8-12(11)30-16(13)23-14(26)9-6-4-7-10(9)17(27)28/h1-8H2,(H,23,26)(H,27,28). The van der Waals surface area contributed by atoms with Crippen LogP contribution in [0.5, 0.6) is 0 Å². The lowest BCUT2D eigenvalue weighted by Crippen LogP contribution is -2.16. The Morgan fingerprint density at radius 3 is 2.47 bits per heavy atom. The van der Waals surface area contributed by atoms with Crippen LogP contribution in [0.25, 0.3) is 11.5 Å². The Hall–Kier alpha value is -2.69. The molecule has 0 spiro atoms. The van der Waals surface area contributed by atoms with Crippen LogP contribution in [-0.2, 0) is 28.6 Å². The number of hydrogen-bond donors (Lipinski definition) is 2. The number of fused-ring (bicyclic) bond motifs is 1. The molecule has 30 heavy (non-hydrogen) atoms. The number of nitrogens with zero attached hydrogens (tertiary/aromatic N) is 2. The number of carbonyl (C=O) groups excluding carboxylic acids is 1. The van der Waals surface area contributed by atoms with E-state index in [1.165, 1.54) is 11.3 Å². The fourth-order valence-electron chi connectivity index (χ4n) is 3.91. The first-order valence-electron chi connectivity index (χ1n) is 9.58. The van der Waals surface area contributed by atoms with Crippen molar-refractivity contribution in [1.29, 1.82) is 0 Å². The van der Waals surface area contributed by atoms with E-state index in [9.17, 15) is 27.9 Å². The summed E-state index contributed by atoms with van der Waals surface area (Å²) in [5, 5.41) is 15.4. The van der Waals surface area contributed by atoms with Crippen LogP contribution in [0.2, 0.25) is 0 Å². The molecule has 0 unspecified atom stereocenters. The molecule has 0 saturated carbocycles. The topological polar surface area (TPSA) is 105 Å². The molecule has 0 atom stereocenters. The maximum Gasteiger partial charge on any atom is 0.455 e. The first-order chi connectivity index (χ1) is 14.3. The van der Waals surface area contributed by atoms with Gasteiger partial charge < -0.3 is 14.9 Å². The highest BCUT2D eigenvalue weighted by Gasteiger charge is 2.38. The Bertz CT molecular complexity index is 1040. The molecular weight excluding hydrogens is 423 g/mol. The van der Waals surface area contributed by atoms with Crippen molar-refractivity contribution in [3.05, 3.63) is 27.4 Å². The van der Waals surface area contributed by atoms with Gasteiger partial charge in [0.1, 0.15) is 5.00 Å². The Morgan fingerprint density at radius 2 is 1.77 bits per heavy atom. The average Bonchev–Trinajstić information content (AvgIpc) is 3.37. The van der Waals surface area contributed by atoms with Gasteiger partial charge in [-0.05, 0) is 50.5 Å². The first kappa shape index (κ1) is 20.6. The lowest BCUT2D eigenvalue weighted by atomic mass is 10.1. The zero-order valence-electron chi connectivity index (χ0n) is 15.8. The molecule has 1 amide bonds. The lowest BCUT2D eigenvalue weighted by molar-refractivity contribution is -0.146. The van der Waals surface area contributed by atoms with Crippen molar-refractivity contribution in [3.8, 4) is 11.5 Å². The minimum Gasteiger partial charge on any atom is -0.478 e. The summed E-state index contributed by atoms with van der Waals surface area (Å²) in [5.41, 5.74) is 1.38. The van der Waals surface area contributed by atoms with Crippen molar-refractivity contribution < 1.29 is 32.4 Å². The third-order valence-electron chi connectivity index (χ3n) is 5.29. The fraction of sp³-hybridized carbons (Fsp3) is 0.474. The van der Waals surface area contributed by atoms with Crippen molar-refractivity contribution >= 4 is 28.2 Å². The van der Waals surface area contributed by atoms with Crippen LogP contribution in [-0.4, -0.2) is 27.1 Å². The van der Waals surface area contributed by atoms with Gasteiger partial charge >= 0.3 is 12.1 Å². The number of aliphatic carboxylic acids is 1. The van der Waals surface area contributed by atoms with Crippen molar-refractivity contribution in [3.63, 3.8) is 0 Å². The largest absolute Gasteiger partial charge is 0.478 e. The predicted molar refractivity (Wildman–Crippen MR) is 101 cm³/mol. The van der Waals surface area contributed by atoms with E-state index >= 15 is 0 Å². The lowest BCUT2D eigenvalue weighted by Gasteiger charge is -2.08. The molecule has 2 aromatic rings. The molecule has 2 aliphatic carbocycles. The minimum absolute atomic E-state index is 0.0734. The Morgan fingerprint density at radius 1 is 1.03 bits per heavy atom. The molecule has 2 aliphatic rings. The van der Waals surface area contributed by atoms with Crippen molar-refractivity contribution in [2.75, 3.05) is 5.32 Å². The van der Waals surface area contributed by atoms with E-state index in [1.54, 1.807) is 0 Å². The zero-order valence-corrected chi connectivity index (χ0v) is 16.6. The van der Waals surface area contributed by atoms with Crippen LogP contribution in [0, 0.1) is 0 Å². The molecular formula is C19H18F3N3O4S. The molecule has 160 valence electrons. The maximum absolute atomic E-state index is 13.0. The van der Waals surface area contributed by atoms with Gasteiger partial charge in [-0.1, -0.05) is 11.6 Å².